The molecule has 1 unspecified atom stereocenters. The van der Waals surface area contributed by atoms with Crippen LogP contribution in [0.15, 0.2) is 30.3 Å². The fraction of sp³-hybridized carbons (Fsp3) is 0.500. The molecule has 0 spiro atoms. The molecule has 20 heavy (non-hydrogen) atoms. The minimum absolute atomic E-state index is 0.0769. The van der Waals surface area contributed by atoms with Crippen molar-refractivity contribution in [2.45, 2.75) is 18.9 Å². The lowest BCUT2D eigenvalue weighted by Gasteiger charge is -2.18. The quantitative estimate of drug-likeness (QED) is 0.810. The van der Waals surface area contributed by atoms with Gasteiger partial charge in [0.15, 0.2) is 9.84 Å². The lowest BCUT2D eigenvalue weighted by molar-refractivity contribution is -0.125. The fourth-order valence-corrected chi connectivity index (χ4v) is 4.12. The van der Waals surface area contributed by atoms with E-state index >= 15 is 0 Å². The van der Waals surface area contributed by atoms with Crippen molar-refractivity contribution in [3.63, 3.8) is 0 Å². The zero-order valence-electron chi connectivity index (χ0n) is 11.2. The molecule has 1 amide bonds. The first-order valence-corrected chi connectivity index (χ1v) is 8.48. The van der Waals surface area contributed by atoms with E-state index in [4.69, 9.17) is 0 Å². The molecule has 1 fully saturated rings. The number of hydrogen-bond donors (Lipinski definition) is 2. The smallest absolute Gasteiger partial charge is 0.224 e. The van der Waals surface area contributed by atoms with Crippen LogP contribution in [0.3, 0.4) is 0 Å². The molecule has 2 rings (SSSR count). The molecule has 0 bridgehead atoms. The Labute approximate surface area is 118 Å². The van der Waals surface area contributed by atoms with Crippen LogP contribution < -0.4 is 5.32 Å². The van der Waals surface area contributed by atoms with Gasteiger partial charge in [0.25, 0.3) is 0 Å². The largest absolute Gasteiger partial charge is 0.394 e. The van der Waals surface area contributed by atoms with Crippen molar-refractivity contribution in [1.82, 2.24) is 5.32 Å². The molecule has 1 aromatic rings. The van der Waals surface area contributed by atoms with Crippen LogP contribution in [-0.4, -0.2) is 43.6 Å². The highest BCUT2D eigenvalue weighted by Crippen LogP contribution is 2.18. The fourth-order valence-electron chi connectivity index (χ4n) is 2.38. The predicted molar refractivity (Wildman–Crippen MR) is 75.9 cm³/mol. The lowest BCUT2D eigenvalue weighted by atomic mass is 10.0. The van der Waals surface area contributed by atoms with Gasteiger partial charge >= 0.3 is 0 Å². The van der Waals surface area contributed by atoms with Crippen molar-refractivity contribution >= 4 is 15.7 Å². The molecule has 1 heterocycles. The van der Waals surface area contributed by atoms with Gasteiger partial charge in [-0.25, -0.2) is 8.42 Å². The number of sulfone groups is 1. The summed E-state index contributed by atoms with van der Waals surface area (Å²) in [5, 5.41) is 12.1. The zero-order valence-corrected chi connectivity index (χ0v) is 12.0. The number of benzene rings is 1. The number of carbonyl (C=O) groups is 1. The monoisotopic (exact) mass is 297 g/mol. The van der Waals surface area contributed by atoms with E-state index in [0.29, 0.717) is 12.8 Å². The Morgan fingerprint density at radius 3 is 2.60 bits per heavy atom. The van der Waals surface area contributed by atoms with Crippen LogP contribution in [0.2, 0.25) is 0 Å². The van der Waals surface area contributed by atoms with Crippen molar-refractivity contribution in [3.8, 4) is 0 Å². The van der Waals surface area contributed by atoms with Crippen molar-refractivity contribution in [2.75, 3.05) is 18.1 Å². The summed E-state index contributed by atoms with van der Waals surface area (Å²) in [6.45, 7) is -0.167. The molecular weight excluding hydrogens is 278 g/mol. The van der Waals surface area contributed by atoms with Gasteiger partial charge < -0.3 is 10.4 Å². The van der Waals surface area contributed by atoms with Gasteiger partial charge in [0.1, 0.15) is 0 Å². The summed E-state index contributed by atoms with van der Waals surface area (Å²) in [6.07, 6.45) is 0.903. The van der Waals surface area contributed by atoms with Crippen molar-refractivity contribution in [2.24, 2.45) is 5.92 Å². The Morgan fingerprint density at radius 2 is 2.05 bits per heavy atom. The van der Waals surface area contributed by atoms with Crippen molar-refractivity contribution in [3.05, 3.63) is 35.9 Å². The van der Waals surface area contributed by atoms with E-state index in [1.54, 1.807) is 0 Å². The first-order valence-electron chi connectivity index (χ1n) is 6.66. The maximum atomic E-state index is 12.0. The number of amides is 1. The maximum absolute atomic E-state index is 12.0. The highest BCUT2D eigenvalue weighted by Gasteiger charge is 2.33. The summed E-state index contributed by atoms with van der Waals surface area (Å²) in [6, 6.07) is 9.17. The van der Waals surface area contributed by atoms with Crippen molar-refractivity contribution < 1.29 is 18.3 Å². The zero-order chi connectivity index (χ0) is 14.6. The van der Waals surface area contributed by atoms with Gasteiger partial charge in [-0.15, -0.1) is 0 Å². The molecule has 1 aromatic carbocycles. The molecule has 5 nitrogen and oxygen atoms in total. The minimum atomic E-state index is -3.07. The summed E-state index contributed by atoms with van der Waals surface area (Å²) >= 11 is 0. The third-order valence-corrected chi connectivity index (χ3v) is 5.26. The molecule has 1 aliphatic rings. The number of hydrogen-bond acceptors (Lipinski definition) is 4. The van der Waals surface area contributed by atoms with Crippen LogP contribution in [0.25, 0.3) is 0 Å². The van der Waals surface area contributed by atoms with E-state index in [2.05, 4.69) is 5.32 Å². The molecule has 6 heteroatoms. The topological polar surface area (TPSA) is 83.5 Å². The molecule has 110 valence electrons. The first-order chi connectivity index (χ1) is 9.50. The van der Waals surface area contributed by atoms with E-state index < -0.39 is 15.8 Å². The van der Waals surface area contributed by atoms with E-state index in [1.807, 2.05) is 30.3 Å². The van der Waals surface area contributed by atoms with Gasteiger partial charge in [0.2, 0.25) is 5.91 Å². The van der Waals surface area contributed by atoms with Crippen molar-refractivity contribution in [1.29, 1.82) is 0 Å². The highest BCUT2D eigenvalue weighted by molar-refractivity contribution is 7.91. The SMILES string of the molecule is O=C(N[C@H](CO)Cc1ccccc1)C1CCS(=O)(=O)C1. The van der Waals surface area contributed by atoms with Crippen LogP contribution in [0.4, 0.5) is 0 Å². The Hall–Kier alpha value is -1.40. The van der Waals surface area contributed by atoms with E-state index in [1.165, 1.54) is 0 Å². The second-order valence-electron chi connectivity index (χ2n) is 5.18. The molecule has 0 aromatic heterocycles. The third kappa shape index (κ3) is 4.05. The summed E-state index contributed by atoms with van der Waals surface area (Å²) in [4.78, 5) is 12.0. The summed E-state index contributed by atoms with van der Waals surface area (Å²) in [5.74, 6) is -0.763. The Balaban J connectivity index is 1.92. The van der Waals surface area contributed by atoms with Crippen LogP contribution in [0.1, 0.15) is 12.0 Å². The Kier molecular flexibility index (Phi) is 4.77. The molecule has 1 saturated heterocycles. The average Bonchev–Trinajstić information content (AvgIpc) is 2.79. The van der Waals surface area contributed by atoms with Crippen LogP contribution >= 0.6 is 0 Å². The van der Waals surface area contributed by atoms with Gasteiger partial charge in [-0.2, -0.15) is 0 Å². The lowest BCUT2D eigenvalue weighted by Crippen LogP contribution is -2.42. The minimum Gasteiger partial charge on any atom is -0.394 e. The number of nitrogens with one attached hydrogen (secondary N) is 1. The number of aliphatic hydroxyl groups excluding tert-OH is 1. The van der Waals surface area contributed by atoms with Crippen LogP contribution in [0, 0.1) is 5.92 Å². The highest BCUT2D eigenvalue weighted by atomic mass is 32.2. The van der Waals surface area contributed by atoms with Gasteiger partial charge in [0.05, 0.1) is 30.1 Å². The van der Waals surface area contributed by atoms with E-state index in [-0.39, 0.29) is 30.1 Å². The molecular formula is C14H19NO4S. The average molecular weight is 297 g/mol. The molecule has 1 aliphatic heterocycles. The Morgan fingerprint density at radius 1 is 1.35 bits per heavy atom. The molecule has 2 N–H and O–H groups in total. The van der Waals surface area contributed by atoms with Gasteiger partial charge in [-0.05, 0) is 18.4 Å². The second kappa shape index (κ2) is 6.37. The summed E-state index contributed by atoms with van der Waals surface area (Å²) < 4.78 is 22.7. The summed E-state index contributed by atoms with van der Waals surface area (Å²) in [7, 11) is -3.07. The summed E-state index contributed by atoms with van der Waals surface area (Å²) in [5.41, 5.74) is 1.02. The van der Waals surface area contributed by atoms with Gasteiger partial charge in [-0.3, -0.25) is 4.79 Å². The van der Waals surface area contributed by atoms with E-state index in [9.17, 15) is 18.3 Å². The first kappa shape index (κ1) is 15.0. The normalized spacial score (nSPS) is 22.4. The molecule has 0 aliphatic carbocycles. The van der Waals surface area contributed by atoms with Gasteiger partial charge in [-0.1, -0.05) is 30.3 Å². The number of carbonyl (C=O) groups excluding carboxylic acids is 1. The molecule has 0 radical (unpaired) electrons. The molecule has 2 atom stereocenters. The standard InChI is InChI=1S/C14H19NO4S/c16-9-13(8-11-4-2-1-3-5-11)15-14(17)12-6-7-20(18,19)10-12/h1-5,12-13,16H,6-10H2,(H,15,17)/t12?,13-/m0/s1. The Bertz CT molecular complexity index is 556. The number of rotatable bonds is 5. The van der Waals surface area contributed by atoms with E-state index in [0.717, 1.165) is 5.56 Å². The van der Waals surface area contributed by atoms with Crippen LogP contribution in [0.5, 0.6) is 0 Å². The van der Waals surface area contributed by atoms with Gasteiger partial charge in [0, 0.05) is 0 Å². The van der Waals surface area contributed by atoms with Crippen LogP contribution in [-0.2, 0) is 21.1 Å². The molecule has 0 saturated carbocycles. The second-order valence-corrected chi connectivity index (χ2v) is 7.41. The third-order valence-electron chi connectivity index (χ3n) is 3.49. The number of aliphatic hydroxyl groups is 1. The predicted octanol–water partition coefficient (Wildman–Crippen LogP) is 0.141. The maximum Gasteiger partial charge on any atom is 0.224 e.